The van der Waals surface area contributed by atoms with Crippen LogP contribution in [0.1, 0.15) is 151 Å². The van der Waals surface area contributed by atoms with Crippen molar-refractivity contribution < 1.29 is 38.8 Å². The van der Waals surface area contributed by atoms with E-state index in [1.165, 1.54) is 5.57 Å². The third kappa shape index (κ3) is 6.92. The van der Waals surface area contributed by atoms with Gasteiger partial charge in [0.15, 0.2) is 11.4 Å². The second-order valence-electron chi connectivity index (χ2n) is 19.2. The number of rotatable bonds is 9. The Morgan fingerprint density at radius 3 is 2.33 bits per heavy atom. The van der Waals surface area contributed by atoms with Gasteiger partial charge in [-0.2, -0.15) is 0 Å². The van der Waals surface area contributed by atoms with Gasteiger partial charge >= 0.3 is 5.97 Å². The third-order valence-electron chi connectivity index (χ3n) is 15.9. The van der Waals surface area contributed by atoms with E-state index in [-0.39, 0.29) is 42.6 Å². The molecule has 1 amide bonds. The van der Waals surface area contributed by atoms with Gasteiger partial charge in [-0.25, -0.2) is 0 Å². The van der Waals surface area contributed by atoms with Crippen LogP contribution in [0.5, 0.6) is 11.5 Å². The number of carbonyl (C=O) groups is 3. The Morgan fingerprint density at radius 1 is 0.912 bits per heavy atom. The van der Waals surface area contributed by atoms with E-state index >= 15 is 4.79 Å². The Bertz CT molecular complexity index is 1910. The Balaban J connectivity index is 1.33. The van der Waals surface area contributed by atoms with Crippen LogP contribution in [0.2, 0.25) is 0 Å². The summed E-state index contributed by atoms with van der Waals surface area (Å²) in [5.41, 5.74) is -0.466. The van der Waals surface area contributed by atoms with Gasteiger partial charge in [0.1, 0.15) is 11.5 Å². The first-order valence-electron chi connectivity index (χ1n) is 21.5. The molecule has 4 bridgehead atoms. The number of Topliss-reactive ketones (excluding diaryl/α,β-unsaturated/α-hetero) is 1. The van der Waals surface area contributed by atoms with Gasteiger partial charge in [-0.05, 0) is 120 Å². The van der Waals surface area contributed by atoms with Crippen LogP contribution in [0.15, 0.2) is 48.0 Å². The number of allylic oxidation sites excluding steroid dienone is 2. The number of ketones is 1. The number of nitrogens with zero attached hydrogens (tertiary/aromatic N) is 1. The number of fused-ring (bicyclic) bond motifs is 10. The molecule has 9 nitrogen and oxygen atoms in total. The number of aliphatic hydroxyl groups is 2. The average Bonchev–Trinajstić information content (AvgIpc) is 3.63. The number of aliphatic hydroxyl groups excluding tert-OH is 1. The number of methoxy groups -OCH3 is 2. The van der Waals surface area contributed by atoms with E-state index in [0.29, 0.717) is 62.9 Å². The van der Waals surface area contributed by atoms with E-state index in [0.717, 1.165) is 60.8 Å². The lowest BCUT2D eigenvalue weighted by Crippen LogP contribution is -2.60. The van der Waals surface area contributed by atoms with Crippen molar-refractivity contribution in [2.24, 2.45) is 22.2 Å². The lowest BCUT2D eigenvalue weighted by molar-refractivity contribution is -0.178. The Kier molecular flexibility index (Phi) is 11.3. The highest BCUT2D eigenvalue weighted by molar-refractivity contribution is 6.00. The summed E-state index contributed by atoms with van der Waals surface area (Å²) in [5.74, 6) is 0.515. The maximum Gasteiger partial charge on any atom is 0.313 e. The second-order valence-corrected chi connectivity index (χ2v) is 19.2. The molecule has 0 aromatic heterocycles. The lowest BCUT2D eigenvalue weighted by Gasteiger charge is -2.48. The van der Waals surface area contributed by atoms with E-state index in [4.69, 9.17) is 14.2 Å². The molecule has 2 aromatic rings. The summed E-state index contributed by atoms with van der Waals surface area (Å²) in [4.78, 5) is 45.2. The van der Waals surface area contributed by atoms with E-state index in [1.807, 2.05) is 39.0 Å². The van der Waals surface area contributed by atoms with E-state index < -0.39 is 33.6 Å². The molecule has 5 aliphatic carbocycles. The molecule has 3 saturated carbocycles. The smallest absolute Gasteiger partial charge is 0.313 e. The monoisotopic (exact) mass is 783 g/mol. The van der Waals surface area contributed by atoms with Crippen LogP contribution in [-0.4, -0.2) is 70.8 Å². The van der Waals surface area contributed by atoms with Gasteiger partial charge in [0.25, 0.3) is 5.91 Å². The number of carbonyl (C=O) groups excluding carboxylic acids is 3. The van der Waals surface area contributed by atoms with Gasteiger partial charge in [-0.15, -0.1) is 0 Å². The van der Waals surface area contributed by atoms with Crippen molar-refractivity contribution in [1.82, 2.24) is 4.90 Å². The number of esters is 1. The first-order chi connectivity index (χ1) is 27.0. The highest BCUT2D eigenvalue weighted by Crippen LogP contribution is 2.66. The van der Waals surface area contributed by atoms with Crippen LogP contribution in [0.3, 0.4) is 0 Å². The molecule has 1 aliphatic heterocycles. The largest absolute Gasteiger partial charge is 0.497 e. The molecule has 0 radical (unpaired) electrons. The van der Waals surface area contributed by atoms with Crippen LogP contribution < -0.4 is 9.47 Å². The number of ether oxygens (including phenoxy) is 3. The quantitative estimate of drug-likeness (QED) is 0.147. The molecule has 9 heteroatoms. The molecule has 57 heavy (non-hydrogen) atoms. The minimum Gasteiger partial charge on any atom is -0.497 e. The van der Waals surface area contributed by atoms with Crippen molar-refractivity contribution in [3.8, 4) is 11.5 Å². The van der Waals surface area contributed by atoms with Gasteiger partial charge in [0, 0.05) is 40.5 Å². The van der Waals surface area contributed by atoms with E-state index in [1.54, 1.807) is 25.2 Å². The molecular weight excluding hydrogens is 719 g/mol. The number of amides is 1. The average molecular weight is 784 g/mol. The van der Waals surface area contributed by atoms with Crippen molar-refractivity contribution >= 4 is 17.7 Å². The zero-order valence-electron chi connectivity index (χ0n) is 35.4. The topological polar surface area (TPSA) is 123 Å². The van der Waals surface area contributed by atoms with Crippen molar-refractivity contribution in [2.45, 2.75) is 154 Å². The number of benzene rings is 2. The maximum absolute atomic E-state index is 15.4. The first-order valence-corrected chi connectivity index (χ1v) is 21.5. The summed E-state index contributed by atoms with van der Waals surface area (Å²) >= 11 is 0. The third-order valence-corrected chi connectivity index (χ3v) is 15.9. The van der Waals surface area contributed by atoms with Crippen molar-refractivity contribution in [1.29, 1.82) is 0 Å². The second kappa shape index (κ2) is 15.5. The van der Waals surface area contributed by atoms with Crippen LogP contribution in [0, 0.1) is 22.2 Å². The fraction of sp³-hybridized carbons (Fsp3) is 0.646. The van der Waals surface area contributed by atoms with E-state index in [2.05, 4.69) is 32.1 Å². The molecule has 0 unspecified atom stereocenters. The lowest BCUT2D eigenvalue weighted by atomic mass is 9.64. The minimum atomic E-state index is -1.38. The summed E-state index contributed by atoms with van der Waals surface area (Å²) in [6, 6.07) is 11.7. The SMILES string of the molecule is COc1ccc(CN(C[C@]2(O)CC[C@H]3c4ccc(cc4C(=O)C4CCCCC4)C[C@@H](O)CCC(C)=CCC[C@@]32C)C(=O)[C@@]23CC[C@@](C)(C(=O)O2)C3(C)C)c(OC)c1. The zero-order valence-corrected chi connectivity index (χ0v) is 35.4. The van der Waals surface area contributed by atoms with Crippen LogP contribution in [0.25, 0.3) is 0 Å². The molecule has 2 N–H and O–H groups in total. The summed E-state index contributed by atoms with van der Waals surface area (Å²) in [6.07, 6.45) is 12.0. The van der Waals surface area contributed by atoms with Crippen molar-refractivity contribution in [3.63, 3.8) is 0 Å². The van der Waals surface area contributed by atoms with E-state index in [9.17, 15) is 19.8 Å². The summed E-state index contributed by atoms with van der Waals surface area (Å²) in [7, 11) is 3.18. The molecule has 2 aromatic carbocycles. The highest BCUT2D eigenvalue weighted by atomic mass is 16.6. The molecule has 1 saturated heterocycles. The molecular formula is C48H65NO8. The molecule has 6 aliphatic rings. The number of hydrogen-bond acceptors (Lipinski definition) is 8. The van der Waals surface area contributed by atoms with Gasteiger partial charge in [-0.3, -0.25) is 14.4 Å². The Morgan fingerprint density at radius 2 is 1.67 bits per heavy atom. The van der Waals surface area contributed by atoms with Gasteiger partial charge in [0.05, 0.1) is 37.9 Å². The normalized spacial score (nSPS) is 32.6. The highest BCUT2D eigenvalue weighted by Gasteiger charge is 2.76. The Hall–Kier alpha value is -3.69. The molecule has 6 atom stereocenters. The van der Waals surface area contributed by atoms with Gasteiger partial charge in [0.2, 0.25) is 0 Å². The predicted octanol–water partition coefficient (Wildman–Crippen LogP) is 8.66. The fourth-order valence-corrected chi connectivity index (χ4v) is 11.5. The minimum absolute atomic E-state index is 0.0129. The first kappa shape index (κ1) is 41.5. The zero-order chi connectivity index (χ0) is 41.0. The fourth-order valence-electron chi connectivity index (χ4n) is 11.5. The number of hydrogen-bond donors (Lipinski definition) is 2. The van der Waals surface area contributed by atoms with Gasteiger partial charge in [-0.1, -0.05) is 63.8 Å². The molecule has 8 rings (SSSR count). The molecule has 1 heterocycles. The maximum atomic E-state index is 15.4. The summed E-state index contributed by atoms with van der Waals surface area (Å²) in [6.45, 7) is 10.3. The summed E-state index contributed by atoms with van der Waals surface area (Å²) < 4.78 is 17.5. The van der Waals surface area contributed by atoms with Crippen molar-refractivity contribution in [3.05, 3.63) is 70.3 Å². The van der Waals surface area contributed by atoms with Crippen LogP contribution in [0.4, 0.5) is 0 Å². The Labute approximate surface area is 339 Å². The summed E-state index contributed by atoms with van der Waals surface area (Å²) in [5, 5.41) is 24.5. The molecule has 4 fully saturated rings. The predicted molar refractivity (Wildman–Crippen MR) is 219 cm³/mol. The molecule has 0 spiro atoms. The van der Waals surface area contributed by atoms with Crippen molar-refractivity contribution in [2.75, 3.05) is 20.8 Å². The standard InChI is InChI=1S/C48H65NO8/c1-31-12-11-22-45(4)39(37-20-16-32(26-35(50)18-15-31)27-38(37)41(51)33-13-9-8-10-14-33)21-23-47(45,54)30-49(29-34-17-19-36(55-6)28-40(34)56-7)42(52)48-25-24-46(5,43(53)57-48)44(48,2)3/h12,16-17,19-20,27-28,33,35,39,50,54H,8-11,13-15,18,21-26,29-30H2,1-7H3/t35-,39-,45-,46-,47+,48+/m0/s1. The molecule has 310 valence electrons. The van der Waals surface area contributed by atoms with Crippen LogP contribution >= 0.6 is 0 Å². The van der Waals surface area contributed by atoms with Crippen LogP contribution in [-0.2, 0) is 27.3 Å². The van der Waals surface area contributed by atoms with Gasteiger partial charge < -0.3 is 29.3 Å².